The summed E-state index contributed by atoms with van der Waals surface area (Å²) in [5, 5.41) is 4.29. The molecule has 0 bridgehead atoms. The second kappa shape index (κ2) is 9.94. The molecular weight excluding hydrogens is 348 g/mol. The first kappa shape index (κ1) is 19.2. The van der Waals surface area contributed by atoms with E-state index in [4.69, 9.17) is 21.7 Å². The van der Waals surface area contributed by atoms with Gasteiger partial charge in [-0.25, -0.2) is 0 Å². The van der Waals surface area contributed by atoms with Gasteiger partial charge < -0.3 is 24.6 Å². The number of nitrogens with zero attached hydrogens (tertiary/aromatic N) is 3. The van der Waals surface area contributed by atoms with Gasteiger partial charge in [-0.15, -0.1) is 0 Å². The summed E-state index contributed by atoms with van der Waals surface area (Å²) in [4.78, 5) is 7.08. The average Bonchev–Trinajstić information content (AvgIpc) is 2.70. The molecule has 3 rings (SSSR count). The van der Waals surface area contributed by atoms with Crippen LogP contribution in [0.4, 0.5) is 5.69 Å². The summed E-state index contributed by atoms with van der Waals surface area (Å²) in [7, 11) is 0. The Kier molecular flexibility index (Phi) is 7.34. The molecule has 0 spiro atoms. The minimum atomic E-state index is 0.689. The van der Waals surface area contributed by atoms with Gasteiger partial charge in [-0.3, -0.25) is 4.90 Å². The number of ether oxygens (including phenoxy) is 2. The zero-order valence-corrected chi connectivity index (χ0v) is 16.5. The van der Waals surface area contributed by atoms with E-state index in [-0.39, 0.29) is 0 Å². The summed E-state index contributed by atoms with van der Waals surface area (Å²) in [6.07, 6.45) is 0. The molecule has 6 nitrogen and oxygen atoms in total. The van der Waals surface area contributed by atoms with Gasteiger partial charge in [0.2, 0.25) is 0 Å². The van der Waals surface area contributed by atoms with Gasteiger partial charge in [-0.2, -0.15) is 0 Å². The van der Waals surface area contributed by atoms with Crippen molar-refractivity contribution in [3.05, 3.63) is 24.3 Å². The Labute approximate surface area is 162 Å². The third-order valence-electron chi connectivity index (χ3n) is 4.88. The Morgan fingerprint density at radius 2 is 1.85 bits per heavy atom. The van der Waals surface area contributed by atoms with Crippen molar-refractivity contribution in [2.45, 2.75) is 6.92 Å². The molecular formula is C19H30N4O2S. The van der Waals surface area contributed by atoms with Gasteiger partial charge in [0.1, 0.15) is 5.75 Å². The van der Waals surface area contributed by atoms with Crippen molar-refractivity contribution in [3.8, 4) is 5.75 Å². The average molecular weight is 379 g/mol. The number of nitrogens with one attached hydrogen (secondary N) is 1. The van der Waals surface area contributed by atoms with Gasteiger partial charge >= 0.3 is 0 Å². The molecule has 1 N–H and O–H groups in total. The molecule has 26 heavy (non-hydrogen) atoms. The number of para-hydroxylation sites is 2. The smallest absolute Gasteiger partial charge is 0.169 e. The van der Waals surface area contributed by atoms with Crippen LogP contribution in [0, 0.1) is 0 Å². The second-order valence-corrected chi connectivity index (χ2v) is 6.95. The van der Waals surface area contributed by atoms with Gasteiger partial charge in [-0.1, -0.05) is 12.1 Å². The van der Waals surface area contributed by atoms with Gasteiger partial charge in [-0.05, 0) is 31.3 Å². The third kappa shape index (κ3) is 5.22. The molecule has 7 heteroatoms. The number of rotatable bonds is 6. The Balaban J connectivity index is 1.42. The topological polar surface area (TPSA) is 40.2 Å². The lowest BCUT2D eigenvalue weighted by Crippen LogP contribution is -2.52. The van der Waals surface area contributed by atoms with Crippen LogP contribution in [-0.2, 0) is 4.74 Å². The van der Waals surface area contributed by atoms with E-state index in [0.717, 1.165) is 76.4 Å². The van der Waals surface area contributed by atoms with Crippen molar-refractivity contribution in [3.63, 3.8) is 0 Å². The summed E-state index contributed by atoms with van der Waals surface area (Å²) in [5.74, 6) is 0.967. The van der Waals surface area contributed by atoms with Crippen LogP contribution in [0.5, 0.6) is 5.75 Å². The van der Waals surface area contributed by atoms with Crippen LogP contribution in [0.3, 0.4) is 0 Å². The molecule has 1 aromatic rings. The number of morpholine rings is 1. The van der Waals surface area contributed by atoms with E-state index in [1.54, 1.807) is 0 Å². The van der Waals surface area contributed by atoms with Crippen molar-refractivity contribution >= 4 is 23.0 Å². The maximum atomic E-state index is 5.77. The Morgan fingerprint density at radius 1 is 1.12 bits per heavy atom. The Hall–Kier alpha value is -1.57. The number of thiocarbonyl (C=S) groups is 1. The lowest BCUT2D eigenvalue weighted by molar-refractivity contribution is 0.0388. The Morgan fingerprint density at radius 3 is 2.58 bits per heavy atom. The predicted octanol–water partition coefficient (Wildman–Crippen LogP) is 1.41. The van der Waals surface area contributed by atoms with Crippen molar-refractivity contribution in [2.75, 3.05) is 77.1 Å². The fourth-order valence-corrected chi connectivity index (χ4v) is 3.69. The standard InChI is InChI=1S/C19H30N4O2S/c1-2-25-18-6-4-3-5-17(18)22-9-11-23(12-10-22)19(26)20-7-8-21-13-15-24-16-14-21/h3-6H,2,7-16H2,1H3,(H,20,26). The van der Waals surface area contributed by atoms with E-state index >= 15 is 0 Å². The molecule has 0 amide bonds. The molecule has 0 unspecified atom stereocenters. The molecule has 0 aliphatic carbocycles. The SMILES string of the molecule is CCOc1ccccc1N1CCN(C(=S)NCCN2CCOCC2)CC1. The van der Waals surface area contributed by atoms with Crippen LogP contribution in [0.15, 0.2) is 24.3 Å². The van der Waals surface area contributed by atoms with E-state index in [1.165, 1.54) is 5.69 Å². The van der Waals surface area contributed by atoms with Crippen LogP contribution in [0.2, 0.25) is 0 Å². The van der Waals surface area contributed by atoms with Gasteiger partial charge in [0, 0.05) is 52.4 Å². The highest BCUT2D eigenvalue weighted by molar-refractivity contribution is 7.80. The molecule has 144 valence electrons. The molecule has 0 radical (unpaired) electrons. The first-order chi connectivity index (χ1) is 12.8. The van der Waals surface area contributed by atoms with Crippen molar-refractivity contribution < 1.29 is 9.47 Å². The monoisotopic (exact) mass is 378 g/mol. The molecule has 2 fully saturated rings. The lowest BCUT2D eigenvalue weighted by Gasteiger charge is -2.38. The number of benzene rings is 1. The van der Waals surface area contributed by atoms with E-state index in [0.29, 0.717) is 6.61 Å². The maximum absolute atomic E-state index is 5.77. The van der Waals surface area contributed by atoms with Crippen molar-refractivity contribution in [1.82, 2.24) is 15.1 Å². The van der Waals surface area contributed by atoms with Crippen molar-refractivity contribution in [1.29, 1.82) is 0 Å². The third-order valence-corrected chi connectivity index (χ3v) is 5.28. The number of hydrogen-bond donors (Lipinski definition) is 1. The van der Waals surface area contributed by atoms with Crippen molar-refractivity contribution in [2.24, 2.45) is 0 Å². The molecule has 2 heterocycles. The number of anilines is 1. The van der Waals surface area contributed by atoms with E-state index in [9.17, 15) is 0 Å². The molecule has 0 saturated carbocycles. The molecule has 1 aromatic carbocycles. The summed E-state index contributed by atoms with van der Waals surface area (Å²) < 4.78 is 11.2. The fourth-order valence-electron chi connectivity index (χ4n) is 3.40. The summed E-state index contributed by atoms with van der Waals surface area (Å²) in [6.45, 7) is 12.1. The predicted molar refractivity (Wildman–Crippen MR) is 109 cm³/mol. The van der Waals surface area contributed by atoms with Crippen LogP contribution < -0.4 is 15.0 Å². The van der Waals surface area contributed by atoms with E-state index in [1.807, 2.05) is 19.1 Å². The van der Waals surface area contributed by atoms with Crippen LogP contribution in [0.25, 0.3) is 0 Å². The van der Waals surface area contributed by atoms with Gasteiger partial charge in [0.25, 0.3) is 0 Å². The maximum Gasteiger partial charge on any atom is 0.169 e. The molecule has 2 aliphatic rings. The number of piperazine rings is 1. The van der Waals surface area contributed by atoms with Crippen LogP contribution >= 0.6 is 12.2 Å². The van der Waals surface area contributed by atoms with Crippen LogP contribution in [0.1, 0.15) is 6.92 Å². The minimum Gasteiger partial charge on any atom is -0.492 e. The summed E-state index contributed by atoms with van der Waals surface area (Å²) in [6, 6.07) is 8.28. The molecule has 0 atom stereocenters. The zero-order chi connectivity index (χ0) is 18.2. The van der Waals surface area contributed by atoms with Gasteiger partial charge in [0.15, 0.2) is 5.11 Å². The lowest BCUT2D eigenvalue weighted by atomic mass is 10.2. The second-order valence-electron chi connectivity index (χ2n) is 6.56. The highest BCUT2D eigenvalue weighted by atomic mass is 32.1. The normalized spacial score (nSPS) is 18.7. The zero-order valence-electron chi connectivity index (χ0n) is 15.7. The van der Waals surface area contributed by atoms with Gasteiger partial charge in [0.05, 0.1) is 25.5 Å². The highest BCUT2D eigenvalue weighted by Crippen LogP contribution is 2.28. The Bertz CT molecular complexity index is 572. The highest BCUT2D eigenvalue weighted by Gasteiger charge is 2.21. The minimum absolute atomic E-state index is 0.689. The molecule has 0 aromatic heterocycles. The van der Waals surface area contributed by atoms with E-state index in [2.05, 4.69) is 32.1 Å². The van der Waals surface area contributed by atoms with E-state index < -0.39 is 0 Å². The first-order valence-electron chi connectivity index (χ1n) is 9.57. The number of hydrogen-bond acceptors (Lipinski definition) is 5. The summed E-state index contributed by atoms with van der Waals surface area (Å²) in [5.41, 5.74) is 1.18. The largest absolute Gasteiger partial charge is 0.492 e. The quantitative estimate of drug-likeness (QED) is 0.751. The molecule has 2 saturated heterocycles. The van der Waals surface area contributed by atoms with Crippen LogP contribution in [-0.4, -0.2) is 87.1 Å². The summed E-state index contributed by atoms with van der Waals surface area (Å²) >= 11 is 5.59. The first-order valence-corrected chi connectivity index (χ1v) is 9.98. The fraction of sp³-hybridized carbons (Fsp3) is 0.632. The molecule has 2 aliphatic heterocycles.